The second-order valence-corrected chi connectivity index (χ2v) is 13.0. The highest BCUT2D eigenvalue weighted by Gasteiger charge is 2.12. The van der Waals surface area contributed by atoms with E-state index < -0.39 is 5.97 Å². The maximum atomic E-state index is 11.1. The largest absolute Gasteiger partial charge is 0.481 e. The van der Waals surface area contributed by atoms with Crippen molar-refractivity contribution in [2.24, 2.45) is 0 Å². The average molecular weight is 702 g/mol. The molecule has 0 fully saturated rings. The van der Waals surface area contributed by atoms with Gasteiger partial charge < -0.3 is 25.0 Å². The fraction of sp³-hybridized carbons (Fsp3) is 0.170. The van der Waals surface area contributed by atoms with E-state index >= 15 is 0 Å². The van der Waals surface area contributed by atoms with E-state index in [2.05, 4.69) is 118 Å². The lowest BCUT2D eigenvalue weighted by Crippen LogP contribution is -2.26. The number of nitrogens with one attached hydrogen (secondary N) is 2. The Bertz CT molecular complexity index is 2070. The Kier molecular flexibility index (Phi) is 13.6. The van der Waals surface area contributed by atoms with Crippen molar-refractivity contribution in [3.8, 4) is 17.2 Å². The standard InChI is InChI=1S/C31H27NO3.C16H20N2/c33-31(34)20-13-24-12-19-30-29(21-24)25(14-11-23-7-3-1-4-8-23)22-32(30)26-15-17-28(18-16-26)35-27-9-5-2-6-10-27;1-3-7-15(8-4-1)13-17-11-12-18-14-16-9-5-2-6-10-16/h1-10,12,15-19,21-22H,11,13-14,20H2,(H,33,34);1-10,17-18H,11-14H2. The van der Waals surface area contributed by atoms with Crippen molar-refractivity contribution in [2.45, 2.75) is 38.8 Å². The number of carbonyl (C=O) groups is 1. The minimum absolute atomic E-state index is 0.133. The number of benzene rings is 6. The van der Waals surface area contributed by atoms with Crippen LogP contribution in [0.4, 0.5) is 0 Å². The number of aromatic nitrogens is 1. The van der Waals surface area contributed by atoms with Crippen LogP contribution in [0.2, 0.25) is 0 Å². The molecule has 0 unspecified atom stereocenters. The van der Waals surface area contributed by atoms with E-state index in [-0.39, 0.29) is 6.42 Å². The van der Waals surface area contributed by atoms with Crippen LogP contribution in [-0.4, -0.2) is 28.7 Å². The summed E-state index contributed by atoms with van der Waals surface area (Å²) in [5, 5.41) is 17.1. The molecule has 1 heterocycles. The summed E-state index contributed by atoms with van der Waals surface area (Å²) in [5.74, 6) is 0.824. The van der Waals surface area contributed by atoms with E-state index in [0.29, 0.717) is 6.42 Å². The van der Waals surface area contributed by atoms with Crippen molar-refractivity contribution in [2.75, 3.05) is 13.1 Å². The van der Waals surface area contributed by atoms with Gasteiger partial charge in [-0.25, -0.2) is 0 Å². The molecule has 3 N–H and O–H groups in total. The predicted octanol–water partition coefficient (Wildman–Crippen LogP) is 9.79. The lowest BCUT2D eigenvalue weighted by atomic mass is 10.0. The number of rotatable bonds is 16. The predicted molar refractivity (Wildman–Crippen MR) is 216 cm³/mol. The minimum Gasteiger partial charge on any atom is -0.481 e. The first-order valence-corrected chi connectivity index (χ1v) is 18.3. The molecule has 0 bridgehead atoms. The van der Waals surface area contributed by atoms with Gasteiger partial charge in [-0.1, -0.05) is 115 Å². The van der Waals surface area contributed by atoms with Crippen LogP contribution in [-0.2, 0) is 37.1 Å². The number of aryl methyl sites for hydroxylation is 3. The molecule has 6 nitrogen and oxygen atoms in total. The summed E-state index contributed by atoms with van der Waals surface area (Å²) in [5.41, 5.74) is 8.44. The molecule has 1 aromatic heterocycles. The van der Waals surface area contributed by atoms with Gasteiger partial charge in [-0.3, -0.25) is 4.79 Å². The van der Waals surface area contributed by atoms with Gasteiger partial charge in [-0.15, -0.1) is 0 Å². The molecular weight excluding hydrogens is 655 g/mol. The van der Waals surface area contributed by atoms with Crippen LogP contribution < -0.4 is 15.4 Å². The van der Waals surface area contributed by atoms with Gasteiger partial charge >= 0.3 is 5.97 Å². The number of carboxylic acid groups (broad SMARTS) is 1. The molecule has 0 spiro atoms. The van der Waals surface area contributed by atoms with Crippen LogP contribution in [0.3, 0.4) is 0 Å². The third-order valence-electron chi connectivity index (χ3n) is 9.02. The summed E-state index contributed by atoms with van der Waals surface area (Å²) < 4.78 is 8.17. The first-order chi connectivity index (χ1) is 26.1. The number of carboxylic acids is 1. The topological polar surface area (TPSA) is 75.5 Å². The van der Waals surface area contributed by atoms with Crippen molar-refractivity contribution < 1.29 is 14.6 Å². The highest BCUT2D eigenvalue weighted by molar-refractivity contribution is 5.86. The Balaban J connectivity index is 0.000000225. The van der Waals surface area contributed by atoms with E-state index in [9.17, 15) is 4.79 Å². The van der Waals surface area contributed by atoms with E-state index in [1.165, 1.54) is 27.6 Å². The summed E-state index contributed by atoms with van der Waals surface area (Å²) in [6.45, 7) is 3.85. The van der Waals surface area contributed by atoms with Gasteiger partial charge in [0.15, 0.2) is 0 Å². The number of hydrogen-bond acceptors (Lipinski definition) is 4. The number of fused-ring (bicyclic) bond motifs is 1. The second kappa shape index (κ2) is 19.6. The van der Waals surface area contributed by atoms with Gasteiger partial charge in [0.1, 0.15) is 11.5 Å². The third-order valence-corrected chi connectivity index (χ3v) is 9.02. The Labute approximate surface area is 312 Å². The van der Waals surface area contributed by atoms with Gasteiger partial charge in [0.2, 0.25) is 0 Å². The molecule has 6 heteroatoms. The van der Waals surface area contributed by atoms with Gasteiger partial charge in [0.05, 0.1) is 5.52 Å². The Morgan fingerprint density at radius 1 is 0.547 bits per heavy atom. The molecule has 6 aromatic carbocycles. The van der Waals surface area contributed by atoms with Crippen molar-refractivity contribution in [1.29, 1.82) is 0 Å². The lowest BCUT2D eigenvalue weighted by Gasteiger charge is -2.09. The van der Waals surface area contributed by atoms with Crippen LogP contribution in [0.25, 0.3) is 16.6 Å². The minimum atomic E-state index is -0.773. The molecule has 53 heavy (non-hydrogen) atoms. The molecule has 7 aromatic rings. The zero-order valence-electron chi connectivity index (χ0n) is 30.0. The number of aliphatic carboxylic acids is 1. The Morgan fingerprint density at radius 2 is 1.08 bits per heavy atom. The molecule has 0 amide bonds. The van der Waals surface area contributed by atoms with Gasteiger partial charge in [-0.05, 0) is 95.6 Å². The maximum Gasteiger partial charge on any atom is 0.303 e. The normalized spacial score (nSPS) is 10.8. The van der Waals surface area contributed by atoms with Crippen molar-refractivity contribution in [3.63, 3.8) is 0 Å². The van der Waals surface area contributed by atoms with Crippen molar-refractivity contribution in [1.82, 2.24) is 15.2 Å². The molecule has 0 aliphatic rings. The number of hydrogen-bond donors (Lipinski definition) is 3. The number of para-hydroxylation sites is 1. The van der Waals surface area contributed by atoms with E-state index in [1.54, 1.807) is 0 Å². The summed E-state index contributed by atoms with van der Waals surface area (Å²) in [6.07, 6.45) is 4.73. The molecule has 0 saturated carbocycles. The first kappa shape index (κ1) is 36.8. The van der Waals surface area contributed by atoms with E-state index in [4.69, 9.17) is 9.84 Å². The molecule has 0 radical (unpaired) electrons. The van der Waals surface area contributed by atoms with Crippen LogP contribution in [0, 0.1) is 0 Å². The Hall–Kier alpha value is -5.95. The van der Waals surface area contributed by atoms with Crippen molar-refractivity contribution in [3.05, 3.63) is 198 Å². The fourth-order valence-corrected chi connectivity index (χ4v) is 6.22. The Morgan fingerprint density at radius 3 is 1.64 bits per heavy atom. The van der Waals surface area contributed by atoms with Gasteiger partial charge in [0, 0.05) is 49.9 Å². The summed E-state index contributed by atoms with van der Waals surface area (Å²) in [7, 11) is 0. The monoisotopic (exact) mass is 701 g/mol. The SMILES string of the molecule is O=C(O)CCc1ccc2c(c1)c(CCc1ccccc1)cn2-c1ccc(Oc2ccccc2)cc1.c1ccc(CNCCNCc2ccccc2)cc1. The van der Waals surface area contributed by atoms with Crippen LogP contribution in [0.1, 0.15) is 34.2 Å². The molecular formula is C47H47N3O3. The third kappa shape index (κ3) is 11.5. The van der Waals surface area contributed by atoms with Crippen LogP contribution in [0.5, 0.6) is 11.5 Å². The molecule has 0 atom stereocenters. The molecule has 0 aliphatic heterocycles. The summed E-state index contributed by atoms with van der Waals surface area (Å²) in [4.78, 5) is 11.1. The second-order valence-electron chi connectivity index (χ2n) is 13.0. The quantitative estimate of drug-likeness (QED) is 0.0875. The van der Waals surface area contributed by atoms with E-state index in [1.807, 2.05) is 66.7 Å². The number of ether oxygens (including phenoxy) is 1. The van der Waals surface area contributed by atoms with Gasteiger partial charge in [0.25, 0.3) is 0 Å². The zero-order valence-corrected chi connectivity index (χ0v) is 30.0. The average Bonchev–Trinajstić information content (AvgIpc) is 3.57. The first-order valence-electron chi connectivity index (χ1n) is 18.3. The fourth-order valence-electron chi connectivity index (χ4n) is 6.22. The maximum absolute atomic E-state index is 11.1. The molecule has 0 aliphatic carbocycles. The molecule has 7 rings (SSSR count). The summed E-state index contributed by atoms with van der Waals surface area (Å²) in [6, 6.07) is 55.6. The smallest absolute Gasteiger partial charge is 0.303 e. The van der Waals surface area contributed by atoms with E-state index in [0.717, 1.165) is 67.3 Å². The summed E-state index contributed by atoms with van der Waals surface area (Å²) >= 11 is 0. The van der Waals surface area contributed by atoms with Crippen LogP contribution >= 0.6 is 0 Å². The number of nitrogens with zero attached hydrogens (tertiary/aromatic N) is 1. The lowest BCUT2D eigenvalue weighted by molar-refractivity contribution is -0.136. The van der Waals surface area contributed by atoms with Gasteiger partial charge in [-0.2, -0.15) is 0 Å². The van der Waals surface area contributed by atoms with Crippen molar-refractivity contribution >= 4 is 16.9 Å². The zero-order chi connectivity index (χ0) is 36.5. The molecule has 268 valence electrons. The highest BCUT2D eigenvalue weighted by atomic mass is 16.5. The highest BCUT2D eigenvalue weighted by Crippen LogP contribution is 2.29. The molecule has 0 saturated heterocycles. The van der Waals surface area contributed by atoms with Crippen LogP contribution in [0.15, 0.2) is 170 Å².